The molecule has 3 aromatic heterocycles. The number of piperidine rings is 1. The summed E-state index contributed by atoms with van der Waals surface area (Å²) < 4.78 is 4.34. The van der Waals surface area contributed by atoms with Crippen LogP contribution in [0.1, 0.15) is 70.2 Å². The maximum Gasteiger partial charge on any atom is 0.229 e. The van der Waals surface area contributed by atoms with Crippen LogP contribution in [0.5, 0.6) is 0 Å². The van der Waals surface area contributed by atoms with Crippen molar-refractivity contribution < 1.29 is 0 Å². The Labute approximate surface area is 220 Å². The van der Waals surface area contributed by atoms with Gasteiger partial charge in [-0.3, -0.25) is 0 Å². The number of benzene rings is 1. The van der Waals surface area contributed by atoms with E-state index in [4.69, 9.17) is 15.0 Å². The van der Waals surface area contributed by atoms with Crippen LogP contribution in [-0.2, 0) is 12.0 Å². The molecule has 0 spiro atoms. The number of hydrogen-bond acceptors (Lipinski definition) is 6. The van der Waals surface area contributed by atoms with Gasteiger partial charge in [-0.25, -0.2) is 9.97 Å². The third-order valence-corrected chi connectivity index (χ3v) is 7.62. The van der Waals surface area contributed by atoms with Crippen LogP contribution < -0.4 is 10.2 Å². The van der Waals surface area contributed by atoms with Gasteiger partial charge >= 0.3 is 0 Å². The molecule has 4 aromatic rings. The minimum absolute atomic E-state index is 0.0567. The molecule has 5 rings (SSSR count). The van der Waals surface area contributed by atoms with Gasteiger partial charge in [0, 0.05) is 43.8 Å². The van der Waals surface area contributed by atoms with Gasteiger partial charge in [0.05, 0.1) is 12.7 Å². The number of hydrogen-bond donors (Lipinski definition) is 1. The molecular weight excluding hydrogens is 460 g/mol. The van der Waals surface area contributed by atoms with Crippen molar-refractivity contribution in [2.75, 3.05) is 23.3 Å². The van der Waals surface area contributed by atoms with Crippen LogP contribution in [0.15, 0.2) is 37.2 Å². The first-order valence-corrected chi connectivity index (χ1v) is 13.4. The van der Waals surface area contributed by atoms with Crippen LogP contribution in [0, 0.1) is 19.8 Å². The molecule has 1 aliphatic rings. The molecule has 0 unspecified atom stereocenters. The summed E-state index contributed by atoms with van der Waals surface area (Å²) >= 11 is 0. The van der Waals surface area contributed by atoms with Gasteiger partial charge in [-0.05, 0) is 68.6 Å². The number of aromatic nitrogens is 6. The second-order valence-electron chi connectivity index (χ2n) is 11.8. The minimum Gasteiger partial charge on any atom is -0.341 e. The van der Waals surface area contributed by atoms with Crippen LogP contribution >= 0.6 is 0 Å². The number of rotatable bonds is 6. The molecule has 8 nitrogen and oxygen atoms in total. The predicted molar refractivity (Wildman–Crippen MR) is 151 cm³/mol. The summed E-state index contributed by atoms with van der Waals surface area (Å²) in [6.07, 6.45) is 9.91. The Morgan fingerprint density at radius 3 is 2.46 bits per heavy atom. The molecule has 0 amide bonds. The molecular formula is C29H40N8. The third-order valence-electron chi connectivity index (χ3n) is 7.62. The number of aryl methyl sites for hydroxylation is 1. The van der Waals surface area contributed by atoms with Crippen LogP contribution in [0.4, 0.5) is 17.5 Å². The van der Waals surface area contributed by atoms with Crippen molar-refractivity contribution in [2.45, 2.75) is 79.3 Å². The van der Waals surface area contributed by atoms with E-state index in [9.17, 15) is 0 Å². The molecule has 1 aliphatic heterocycles. The summed E-state index contributed by atoms with van der Waals surface area (Å²) in [5.74, 6) is 2.22. The molecule has 8 heteroatoms. The largest absolute Gasteiger partial charge is 0.341 e. The Hall–Kier alpha value is -3.42. The molecule has 37 heavy (non-hydrogen) atoms. The molecule has 1 fully saturated rings. The zero-order valence-electron chi connectivity index (χ0n) is 23.3. The summed E-state index contributed by atoms with van der Waals surface area (Å²) in [7, 11) is 0. The molecule has 0 radical (unpaired) electrons. The topological polar surface area (TPSA) is 76.7 Å². The first-order chi connectivity index (χ1) is 17.6. The Kier molecular flexibility index (Phi) is 6.68. The van der Waals surface area contributed by atoms with Gasteiger partial charge in [0.15, 0.2) is 11.5 Å². The second-order valence-corrected chi connectivity index (χ2v) is 11.8. The number of imidazole rings is 2. The highest BCUT2D eigenvalue weighted by Gasteiger charge is 2.25. The van der Waals surface area contributed by atoms with E-state index in [2.05, 4.69) is 84.9 Å². The Balaban J connectivity index is 1.49. The molecule has 0 aliphatic carbocycles. The van der Waals surface area contributed by atoms with Crippen LogP contribution in [0.25, 0.3) is 11.2 Å². The van der Waals surface area contributed by atoms with Crippen molar-refractivity contribution >= 4 is 28.6 Å². The summed E-state index contributed by atoms with van der Waals surface area (Å²) in [6.45, 7) is 18.4. The average Bonchev–Trinajstić information content (AvgIpc) is 3.51. The zero-order valence-corrected chi connectivity index (χ0v) is 23.3. The fourth-order valence-corrected chi connectivity index (χ4v) is 5.53. The summed E-state index contributed by atoms with van der Waals surface area (Å²) in [5.41, 5.74) is 6.67. The van der Waals surface area contributed by atoms with E-state index in [1.807, 2.05) is 25.0 Å². The lowest BCUT2D eigenvalue weighted by Crippen LogP contribution is -2.36. The number of nitrogens with one attached hydrogen (secondary N) is 1. The van der Waals surface area contributed by atoms with Crippen LogP contribution in [-0.4, -0.2) is 42.2 Å². The fraction of sp³-hybridized carbons (Fsp3) is 0.517. The number of fused-ring (bicyclic) bond motifs is 1. The molecule has 4 heterocycles. The van der Waals surface area contributed by atoms with Gasteiger partial charge < -0.3 is 19.4 Å². The highest BCUT2D eigenvalue weighted by Crippen LogP contribution is 2.36. The van der Waals surface area contributed by atoms with E-state index >= 15 is 0 Å². The lowest BCUT2D eigenvalue weighted by atomic mass is 9.83. The fourth-order valence-electron chi connectivity index (χ4n) is 5.53. The molecule has 1 aromatic carbocycles. The van der Waals surface area contributed by atoms with Crippen molar-refractivity contribution in [3.8, 4) is 0 Å². The molecule has 1 saturated heterocycles. The predicted octanol–water partition coefficient (Wildman–Crippen LogP) is 6.18. The molecule has 196 valence electrons. The number of anilines is 3. The second kappa shape index (κ2) is 9.80. The maximum absolute atomic E-state index is 5.14. The van der Waals surface area contributed by atoms with E-state index in [0.29, 0.717) is 5.92 Å². The standard InChI is InChI=1S/C29H40N8/c1-19(2)37-18-31-26-25(37)27(32-24-20(3)8-9-23(21(24)4)29(5,6)7)34-28(33-26)36-13-10-22(11-14-36)16-35-15-12-30-17-35/h8-9,12,15,17-19,22H,10-11,13-14,16H2,1-7H3,(H,32,33,34). The monoisotopic (exact) mass is 500 g/mol. The van der Waals surface area contributed by atoms with Gasteiger partial charge in [-0.1, -0.05) is 32.9 Å². The zero-order chi connectivity index (χ0) is 26.3. The van der Waals surface area contributed by atoms with Gasteiger partial charge in [0.1, 0.15) is 5.52 Å². The first-order valence-electron chi connectivity index (χ1n) is 13.4. The minimum atomic E-state index is 0.0567. The SMILES string of the molecule is Cc1ccc(C(C)(C)C)c(C)c1Nc1nc(N2CCC(Cn3ccnc3)CC2)nc2ncn(C(C)C)c12. The van der Waals surface area contributed by atoms with E-state index in [1.54, 1.807) is 0 Å². The third kappa shape index (κ3) is 5.06. The summed E-state index contributed by atoms with van der Waals surface area (Å²) in [4.78, 5) is 21.3. The summed E-state index contributed by atoms with van der Waals surface area (Å²) in [5, 5.41) is 3.75. The highest BCUT2D eigenvalue weighted by molar-refractivity contribution is 5.88. The van der Waals surface area contributed by atoms with E-state index in [1.165, 1.54) is 16.7 Å². The van der Waals surface area contributed by atoms with Gasteiger partial charge in [-0.2, -0.15) is 9.97 Å². The smallest absolute Gasteiger partial charge is 0.229 e. The van der Waals surface area contributed by atoms with Crippen LogP contribution in [0.3, 0.4) is 0 Å². The lowest BCUT2D eigenvalue weighted by molar-refractivity contribution is 0.355. The van der Waals surface area contributed by atoms with E-state index in [-0.39, 0.29) is 11.5 Å². The maximum atomic E-state index is 5.14. The van der Waals surface area contributed by atoms with Gasteiger partial charge in [-0.15, -0.1) is 0 Å². The van der Waals surface area contributed by atoms with Crippen molar-refractivity contribution in [3.05, 3.63) is 53.9 Å². The molecule has 0 bridgehead atoms. The van der Waals surface area contributed by atoms with Gasteiger partial charge in [0.25, 0.3) is 0 Å². The quantitative estimate of drug-likeness (QED) is 0.341. The van der Waals surface area contributed by atoms with Crippen LogP contribution in [0.2, 0.25) is 0 Å². The van der Waals surface area contributed by atoms with E-state index < -0.39 is 0 Å². The molecule has 0 atom stereocenters. The van der Waals surface area contributed by atoms with Crippen molar-refractivity contribution in [1.29, 1.82) is 0 Å². The normalized spacial score (nSPS) is 15.2. The summed E-state index contributed by atoms with van der Waals surface area (Å²) in [6, 6.07) is 4.71. The van der Waals surface area contributed by atoms with Gasteiger partial charge in [0.2, 0.25) is 5.95 Å². The molecule has 1 N–H and O–H groups in total. The molecule has 0 saturated carbocycles. The average molecular weight is 501 g/mol. The van der Waals surface area contributed by atoms with Crippen molar-refractivity contribution in [1.82, 2.24) is 29.1 Å². The van der Waals surface area contributed by atoms with E-state index in [0.717, 1.165) is 61.1 Å². The number of nitrogens with zero attached hydrogens (tertiary/aromatic N) is 7. The highest BCUT2D eigenvalue weighted by atomic mass is 15.3. The van der Waals surface area contributed by atoms with Crippen molar-refractivity contribution in [3.63, 3.8) is 0 Å². The van der Waals surface area contributed by atoms with Crippen molar-refractivity contribution in [2.24, 2.45) is 5.92 Å². The Morgan fingerprint density at radius 2 is 1.81 bits per heavy atom. The lowest BCUT2D eigenvalue weighted by Gasteiger charge is -2.32. The Morgan fingerprint density at radius 1 is 1.05 bits per heavy atom. The first kappa shape index (κ1) is 25.2. The Bertz CT molecular complexity index is 1370.